The topological polar surface area (TPSA) is 37.3 Å². The van der Waals surface area contributed by atoms with E-state index in [-0.39, 0.29) is 12.0 Å². The Balaban J connectivity index is 2.81. The van der Waals surface area contributed by atoms with Crippen LogP contribution in [0.2, 0.25) is 0 Å². The molecule has 0 aromatic rings. The first-order valence-electron chi connectivity index (χ1n) is 3.01. The third-order valence-corrected chi connectivity index (χ3v) is 1.88. The van der Waals surface area contributed by atoms with Crippen LogP contribution in [-0.2, 0) is 4.79 Å². The summed E-state index contributed by atoms with van der Waals surface area (Å²) in [7, 11) is 0. The van der Waals surface area contributed by atoms with Gasteiger partial charge in [-0.2, -0.15) is 0 Å². The Kier molecular flexibility index (Phi) is 2.13. The highest BCUT2D eigenvalue weighted by atomic mass is 79.9. The molecule has 1 unspecified atom stereocenters. The van der Waals surface area contributed by atoms with Crippen molar-refractivity contribution in [3.8, 4) is 0 Å². The van der Waals surface area contributed by atoms with Gasteiger partial charge in [-0.3, -0.25) is 0 Å². The lowest BCUT2D eigenvalue weighted by atomic mass is 10.0. The minimum atomic E-state index is -1.69. The first-order chi connectivity index (χ1) is 5.01. The summed E-state index contributed by atoms with van der Waals surface area (Å²) in [6.07, 6.45) is 3.93. The van der Waals surface area contributed by atoms with E-state index in [2.05, 4.69) is 15.9 Å². The molecular formula is C7H6BrFO2. The summed E-state index contributed by atoms with van der Waals surface area (Å²) in [6.45, 7) is 0. The molecule has 1 N–H and O–H groups in total. The van der Waals surface area contributed by atoms with Crippen LogP contribution in [0.5, 0.6) is 0 Å². The lowest BCUT2D eigenvalue weighted by Gasteiger charge is -2.16. The molecule has 0 fully saturated rings. The minimum Gasteiger partial charge on any atom is -0.478 e. The van der Waals surface area contributed by atoms with Crippen LogP contribution >= 0.6 is 15.9 Å². The van der Waals surface area contributed by atoms with E-state index >= 15 is 0 Å². The van der Waals surface area contributed by atoms with Gasteiger partial charge in [-0.25, -0.2) is 9.18 Å². The van der Waals surface area contributed by atoms with Crippen LogP contribution in [0.3, 0.4) is 0 Å². The molecule has 0 bridgehead atoms. The molecular weight excluding hydrogens is 215 g/mol. The number of aliphatic carboxylic acids is 1. The molecule has 0 aliphatic heterocycles. The number of hydrogen-bond acceptors (Lipinski definition) is 1. The largest absolute Gasteiger partial charge is 0.478 e. The standard InChI is InChI=1S/C7H6BrFO2/c8-7(9)3-1-2-5(4-7)6(10)11/h1-3H,4H2,(H,10,11). The summed E-state index contributed by atoms with van der Waals surface area (Å²) in [5.74, 6) is -1.07. The number of hydrogen-bond donors (Lipinski definition) is 1. The van der Waals surface area contributed by atoms with Crippen molar-refractivity contribution in [2.24, 2.45) is 0 Å². The molecule has 0 heterocycles. The van der Waals surface area contributed by atoms with Crippen molar-refractivity contribution in [2.45, 2.75) is 11.0 Å². The number of carboxylic acid groups (broad SMARTS) is 1. The van der Waals surface area contributed by atoms with Crippen LogP contribution in [0.1, 0.15) is 6.42 Å². The molecule has 0 aromatic carbocycles. The van der Waals surface area contributed by atoms with Crippen molar-refractivity contribution in [1.29, 1.82) is 0 Å². The fourth-order valence-corrected chi connectivity index (χ4v) is 1.28. The van der Waals surface area contributed by atoms with Gasteiger partial charge >= 0.3 is 5.97 Å². The monoisotopic (exact) mass is 220 g/mol. The summed E-state index contributed by atoms with van der Waals surface area (Å²) in [5, 5.41) is 8.48. The van der Waals surface area contributed by atoms with Crippen molar-refractivity contribution in [2.75, 3.05) is 0 Å². The van der Waals surface area contributed by atoms with Crippen LogP contribution in [0.25, 0.3) is 0 Å². The fourth-order valence-electron chi connectivity index (χ4n) is 0.824. The summed E-state index contributed by atoms with van der Waals surface area (Å²) < 4.78 is 11.3. The maximum absolute atomic E-state index is 13.0. The van der Waals surface area contributed by atoms with Crippen LogP contribution in [0.4, 0.5) is 4.39 Å². The summed E-state index contributed by atoms with van der Waals surface area (Å²) >= 11 is 2.74. The molecule has 2 nitrogen and oxygen atoms in total. The molecule has 0 saturated carbocycles. The molecule has 1 aliphatic carbocycles. The SMILES string of the molecule is O=C(O)C1=CC=CC(F)(Br)C1. The van der Waals surface area contributed by atoms with Crippen molar-refractivity contribution < 1.29 is 14.3 Å². The molecule has 0 radical (unpaired) electrons. The number of rotatable bonds is 1. The summed E-state index contributed by atoms with van der Waals surface area (Å²) in [6, 6.07) is 0. The summed E-state index contributed by atoms with van der Waals surface area (Å²) in [4.78, 5) is 10.4. The maximum atomic E-state index is 13.0. The lowest BCUT2D eigenvalue weighted by molar-refractivity contribution is -0.133. The Hall–Kier alpha value is -0.640. The molecule has 11 heavy (non-hydrogen) atoms. The quantitative estimate of drug-likeness (QED) is 0.687. The Morgan fingerprint density at radius 2 is 2.45 bits per heavy atom. The molecule has 0 aromatic heterocycles. The van der Waals surface area contributed by atoms with E-state index in [1.807, 2.05) is 0 Å². The third-order valence-electron chi connectivity index (χ3n) is 1.34. The first kappa shape index (κ1) is 8.46. The van der Waals surface area contributed by atoms with Crippen LogP contribution in [0, 0.1) is 0 Å². The molecule has 1 aliphatic rings. The van der Waals surface area contributed by atoms with E-state index in [0.717, 1.165) is 0 Å². The second-order valence-corrected chi connectivity index (χ2v) is 3.61. The molecule has 1 rings (SSSR count). The zero-order valence-electron chi connectivity index (χ0n) is 5.55. The molecule has 0 saturated heterocycles. The van der Waals surface area contributed by atoms with E-state index in [1.165, 1.54) is 18.2 Å². The normalized spacial score (nSPS) is 29.8. The van der Waals surface area contributed by atoms with Gasteiger partial charge in [0.05, 0.1) is 0 Å². The Bertz CT molecular complexity index is 243. The molecule has 1 atom stereocenters. The van der Waals surface area contributed by atoms with Gasteiger partial charge in [-0.15, -0.1) is 0 Å². The average Bonchev–Trinajstić information content (AvgIpc) is 1.85. The van der Waals surface area contributed by atoms with E-state index in [1.54, 1.807) is 0 Å². The zero-order chi connectivity index (χ0) is 8.48. The van der Waals surface area contributed by atoms with Crippen molar-refractivity contribution in [3.63, 3.8) is 0 Å². The van der Waals surface area contributed by atoms with Crippen LogP contribution in [0.15, 0.2) is 23.8 Å². The highest BCUT2D eigenvalue weighted by Crippen LogP contribution is 2.32. The van der Waals surface area contributed by atoms with Gasteiger partial charge in [0.15, 0.2) is 4.58 Å². The van der Waals surface area contributed by atoms with Gasteiger partial charge in [-0.1, -0.05) is 12.2 Å². The van der Waals surface area contributed by atoms with Crippen molar-refractivity contribution >= 4 is 21.9 Å². The predicted molar refractivity (Wildman–Crippen MR) is 42.2 cm³/mol. The number of carboxylic acids is 1. The number of carbonyl (C=O) groups is 1. The van der Waals surface area contributed by atoms with Gasteiger partial charge < -0.3 is 5.11 Å². The van der Waals surface area contributed by atoms with Crippen molar-refractivity contribution in [3.05, 3.63) is 23.8 Å². The van der Waals surface area contributed by atoms with Gasteiger partial charge in [0.1, 0.15) is 0 Å². The van der Waals surface area contributed by atoms with E-state index in [0.29, 0.717) is 0 Å². The van der Waals surface area contributed by atoms with Gasteiger partial charge in [0.2, 0.25) is 0 Å². The maximum Gasteiger partial charge on any atom is 0.331 e. The second kappa shape index (κ2) is 2.77. The molecule has 60 valence electrons. The van der Waals surface area contributed by atoms with E-state index < -0.39 is 10.5 Å². The number of halogens is 2. The van der Waals surface area contributed by atoms with Gasteiger partial charge in [-0.05, 0) is 22.0 Å². The van der Waals surface area contributed by atoms with Gasteiger partial charge in [0.25, 0.3) is 0 Å². The second-order valence-electron chi connectivity index (χ2n) is 2.29. The van der Waals surface area contributed by atoms with Gasteiger partial charge in [0, 0.05) is 12.0 Å². The molecule has 0 spiro atoms. The highest BCUT2D eigenvalue weighted by Gasteiger charge is 2.28. The lowest BCUT2D eigenvalue weighted by Crippen LogP contribution is -2.17. The molecule has 0 amide bonds. The third kappa shape index (κ3) is 2.15. The Labute approximate surface area is 71.5 Å². The number of alkyl halides is 2. The first-order valence-corrected chi connectivity index (χ1v) is 3.80. The Morgan fingerprint density at radius 1 is 1.82 bits per heavy atom. The smallest absolute Gasteiger partial charge is 0.331 e. The van der Waals surface area contributed by atoms with Crippen LogP contribution < -0.4 is 0 Å². The molecule has 4 heteroatoms. The predicted octanol–water partition coefficient (Wildman–Crippen LogP) is 2.02. The number of allylic oxidation sites excluding steroid dienone is 3. The van der Waals surface area contributed by atoms with Crippen LogP contribution in [-0.4, -0.2) is 15.7 Å². The van der Waals surface area contributed by atoms with E-state index in [9.17, 15) is 9.18 Å². The van der Waals surface area contributed by atoms with Crippen molar-refractivity contribution in [1.82, 2.24) is 0 Å². The summed E-state index contributed by atoms with van der Waals surface area (Å²) in [5.41, 5.74) is 0.0758. The Morgan fingerprint density at radius 3 is 2.82 bits per heavy atom. The zero-order valence-corrected chi connectivity index (χ0v) is 7.14. The average molecular weight is 221 g/mol. The highest BCUT2D eigenvalue weighted by molar-refractivity contribution is 9.10. The van der Waals surface area contributed by atoms with E-state index in [4.69, 9.17) is 5.11 Å². The minimum absolute atomic E-state index is 0.0758. The fraction of sp³-hybridized carbons (Fsp3) is 0.286.